The lowest BCUT2D eigenvalue weighted by molar-refractivity contribution is 0.102. The third kappa shape index (κ3) is 3.23. The van der Waals surface area contributed by atoms with Crippen LogP contribution < -0.4 is 5.32 Å². The summed E-state index contributed by atoms with van der Waals surface area (Å²) in [6, 6.07) is 15.7. The minimum Gasteiger partial charge on any atom is -0.319 e. The highest BCUT2D eigenvalue weighted by Gasteiger charge is 2.19. The third-order valence-electron chi connectivity index (χ3n) is 4.42. The number of anilines is 1. The van der Waals surface area contributed by atoms with Gasteiger partial charge in [0.2, 0.25) is 0 Å². The van der Waals surface area contributed by atoms with Gasteiger partial charge in [0.15, 0.2) is 11.5 Å². The molecule has 5 nitrogen and oxygen atoms in total. The van der Waals surface area contributed by atoms with Crippen LogP contribution in [0, 0.1) is 5.82 Å². The number of carbonyl (C=O) groups is 1. The van der Waals surface area contributed by atoms with Gasteiger partial charge in [0, 0.05) is 12.1 Å². The molecule has 0 aliphatic rings. The first kappa shape index (κ1) is 18.1. The van der Waals surface area contributed by atoms with Gasteiger partial charge >= 0.3 is 0 Å². The van der Waals surface area contributed by atoms with E-state index in [-0.39, 0.29) is 10.7 Å². The lowest BCUT2D eigenvalue weighted by Gasteiger charge is -2.10. The summed E-state index contributed by atoms with van der Waals surface area (Å²) in [6.07, 6.45) is 1.60. The van der Waals surface area contributed by atoms with Crippen LogP contribution in [0.4, 0.5) is 10.1 Å². The van der Waals surface area contributed by atoms with Crippen LogP contribution in [0.1, 0.15) is 17.3 Å². The van der Waals surface area contributed by atoms with Gasteiger partial charge in [0.05, 0.1) is 33.6 Å². The van der Waals surface area contributed by atoms with E-state index in [2.05, 4.69) is 15.4 Å². The quantitative estimate of drug-likeness (QED) is 0.520. The van der Waals surface area contributed by atoms with Gasteiger partial charge in [-0.2, -0.15) is 5.10 Å². The summed E-state index contributed by atoms with van der Waals surface area (Å²) in [7, 11) is 0. The summed E-state index contributed by atoms with van der Waals surface area (Å²) in [6.45, 7) is 2.56. The number of halogens is 2. The Balaban J connectivity index is 1.84. The monoisotopic (exact) mass is 394 g/mol. The zero-order valence-corrected chi connectivity index (χ0v) is 15.7. The van der Waals surface area contributed by atoms with Gasteiger partial charge in [-0.3, -0.25) is 4.79 Å². The van der Waals surface area contributed by atoms with Crippen LogP contribution in [0.2, 0.25) is 5.02 Å². The maximum Gasteiger partial charge on any atom is 0.256 e. The van der Waals surface area contributed by atoms with Crippen molar-refractivity contribution in [2.75, 3.05) is 5.32 Å². The Bertz CT molecular complexity index is 1170. The lowest BCUT2D eigenvalue weighted by atomic mass is 10.1. The van der Waals surface area contributed by atoms with Crippen LogP contribution in [-0.2, 0) is 6.54 Å². The number of aromatic nitrogens is 3. The van der Waals surface area contributed by atoms with E-state index in [0.717, 1.165) is 5.56 Å². The fraction of sp³-hybridized carbons (Fsp3) is 0.0952. The standard InChI is InChI=1S/C21H16ClFN4O/c1-2-27-20-15(12-24-27)14(11-18(25-20)13-7-4-3-5-8-13)21(28)26-17-10-6-9-16(22)19(17)23/h3-12H,2H2,1H3,(H,26,28). The maximum atomic E-state index is 14.2. The Labute approximate surface area is 165 Å². The average Bonchev–Trinajstić information content (AvgIpc) is 3.14. The minimum atomic E-state index is -0.671. The molecule has 2 heterocycles. The molecule has 1 amide bonds. The molecule has 2 aromatic heterocycles. The van der Waals surface area contributed by atoms with Crippen molar-refractivity contribution in [3.05, 3.63) is 77.2 Å². The highest BCUT2D eigenvalue weighted by atomic mass is 35.5. The molecule has 140 valence electrons. The third-order valence-corrected chi connectivity index (χ3v) is 4.71. The Hall–Kier alpha value is -3.25. The van der Waals surface area contributed by atoms with Gasteiger partial charge in [-0.1, -0.05) is 48.0 Å². The van der Waals surface area contributed by atoms with E-state index in [1.54, 1.807) is 23.0 Å². The number of hydrogen-bond donors (Lipinski definition) is 1. The number of pyridine rings is 1. The summed E-state index contributed by atoms with van der Waals surface area (Å²) in [5.74, 6) is -1.13. The van der Waals surface area contributed by atoms with Gasteiger partial charge in [-0.25, -0.2) is 14.1 Å². The van der Waals surface area contributed by atoms with Gasteiger partial charge in [-0.15, -0.1) is 0 Å². The lowest BCUT2D eigenvalue weighted by Crippen LogP contribution is -2.14. The largest absolute Gasteiger partial charge is 0.319 e. The molecular formula is C21H16ClFN4O. The Kier molecular flexibility index (Phi) is 4.79. The Morgan fingerprint density at radius 2 is 1.96 bits per heavy atom. The highest BCUT2D eigenvalue weighted by molar-refractivity contribution is 6.31. The van der Waals surface area contributed by atoms with E-state index < -0.39 is 11.7 Å². The number of nitrogens with one attached hydrogen (secondary N) is 1. The van der Waals surface area contributed by atoms with Gasteiger partial charge in [-0.05, 0) is 25.1 Å². The van der Waals surface area contributed by atoms with Crippen molar-refractivity contribution >= 4 is 34.2 Å². The molecule has 1 N–H and O–H groups in total. The van der Waals surface area contributed by atoms with Crippen molar-refractivity contribution < 1.29 is 9.18 Å². The predicted molar refractivity (Wildman–Crippen MR) is 108 cm³/mol. The number of hydrogen-bond acceptors (Lipinski definition) is 3. The molecule has 7 heteroatoms. The first-order chi connectivity index (χ1) is 13.6. The van der Waals surface area contributed by atoms with Crippen molar-refractivity contribution in [2.24, 2.45) is 0 Å². The van der Waals surface area contributed by atoms with Crippen LogP contribution >= 0.6 is 11.6 Å². The molecule has 0 atom stereocenters. The van der Waals surface area contributed by atoms with E-state index >= 15 is 0 Å². The molecule has 0 saturated carbocycles. The predicted octanol–water partition coefficient (Wildman–Crippen LogP) is 5.16. The smallest absolute Gasteiger partial charge is 0.256 e. The number of nitrogens with zero attached hydrogens (tertiary/aromatic N) is 3. The molecule has 0 bridgehead atoms. The highest BCUT2D eigenvalue weighted by Crippen LogP contribution is 2.27. The van der Waals surface area contributed by atoms with Crippen LogP contribution in [-0.4, -0.2) is 20.7 Å². The van der Waals surface area contributed by atoms with Crippen LogP contribution in [0.3, 0.4) is 0 Å². The molecule has 4 aromatic rings. The number of fused-ring (bicyclic) bond motifs is 1. The van der Waals surface area contributed by atoms with E-state index in [1.165, 1.54) is 12.1 Å². The summed E-state index contributed by atoms with van der Waals surface area (Å²) < 4.78 is 15.9. The molecule has 0 spiro atoms. The van der Waals surface area contributed by atoms with E-state index in [0.29, 0.717) is 28.8 Å². The van der Waals surface area contributed by atoms with Crippen LogP contribution in [0.25, 0.3) is 22.3 Å². The fourth-order valence-corrected chi connectivity index (χ4v) is 3.19. The second kappa shape index (κ2) is 7.40. The van der Waals surface area contributed by atoms with E-state index in [9.17, 15) is 9.18 Å². The molecule has 0 radical (unpaired) electrons. The number of rotatable bonds is 4. The summed E-state index contributed by atoms with van der Waals surface area (Å²) >= 11 is 5.82. The first-order valence-electron chi connectivity index (χ1n) is 8.76. The van der Waals surface area contributed by atoms with Crippen molar-refractivity contribution in [1.29, 1.82) is 0 Å². The van der Waals surface area contributed by atoms with Crippen molar-refractivity contribution in [1.82, 2.24) is 14.8 Å². The second-order valence-electron chi connectivity index (χ2n) is 6.17. The second-order valence-corrected chi connectivity index (χ2v) is 6.58. The van der Waals surface area contributed by atoms with Crippen LogP contribution in [0.15, 0.2) is 60.8 Å². The minimum absolute atomic E-state index is 0.0200. The van der Waals surface area contributed by atoms with Crippen molar-refractivity contribution in [2.45, 2.75) is 13.5 Å². The first-order valence-corrected chi connectivity index (χ1v) is 9.13. The Morgan fingerprint density at radius 1 is 1.18 bits per heavy atom. The number of amides is 1. The van der Waals surface area contributed by atoms with E-state index in [4.69, 9.17) is 11.6 Å². The maximum absolute atomic E-state index is 14.2. The molecule has 4 rings (SSSR count). The topological polar surface area (TPSA) is 59.8 Å². The molecule has 28 heavy (non-hydrogen) atoms. The molecule has 0 saturated heterocycles. The number of carbonyl (C=O) groups excluding carboxylic acids is 1. The molecule has 0 aliphatic heterocycles. The number of benzene rings is 2. The van der Waals surface area contributed by atoms with Gasteiger partial charge < -0.3 is 5.32 Å². The number of aryl methyl sites for hydroxylation is 1. The van der Waals surface area contributed by atoms with Gasteiger partial charge in [0.25, 0.3) is 5.91 Å². The fourth-order valence-electron chi connectivity index (χ4n) is 3.01. The summed E-state index contributed by atoms with van der Waals surface area (Å²) in [5, 5.41) is 7.46. The molecule has 0 unspecified atom stereocenters. The normalized spacial score (nSPS) is 11.0. The SMILES string of the molecule is CCn1ncc2c(C(=O)Nc3cccc(Cl)c3F)cc(-c3ccccc3)nc21. The summed E-state index contributed by atoms with van der Waals surface area (Å²) in [4.78, 5) is 17.7. The zero-order valence-electron chi connectivity index (χ0n) is 15.0. The molecular weight excluding hydrogens is 379 g/mol. The summed E-state index contributed by atoms with van der Waals surface area (Å²) in [5.41, 5.74) is 2.49. The Morgan fingerprint density at radius 3 is 2.71 bits per heavy atom. The molecule has 0 aliphatic carbocycles. The van der Waals surface area contributed by atoms with Gasteiger partial charge in [0.1, 0.15) is 0 Å². The van der Waals surface area contributed by atoms with Crippen molar-refractivity contribution in [3.8, 4) is 11.3 Å². The average molecular weight is 395 g/mol. The zero-order chi connectivity index (χ0) is 19.7. The molecule has 2 aromatic carbocycles. The molecule has 0 fully saturated rings. The van der Waals surface area contributed by atoms with Crippen LogP contribution in [0.5, 0.6) is 0 Å². The van der Waals surface area contributed by atoms with Crippen molar-refractivity contribution in [3.63, 3.8) is 0 Å². The van der Waals surface area contributed by atoms with E-state index in [1.807, 2.05) is 37.3 Å².